The number of unbranched alkanes of at least 4 members (excludes halogenated alkanes) is 2. The second kappa shape index (κ2) is 7.31. The molecule has 2 heterocycles. The number of thiazole rings is 1. The van der Waals surface area contributed by atoms with Crippen molar-refractivity contribution in [3.8, 4) is 0 Å². The van der Waals surface area contributed by atoms with E-state index in [0.29, 0.717) is 0 Å². The summed E-state index contributed by atoms with van der Waals surface area (Å²) in [6.45, 7) is 4.38. The molecule has 0 aliphatic carbocycles. The Hall–Kier alpha value is -0.520. The number of nitrogens with zero attached hydrogens (tertiary/aromatic N) is 2. The normalized spacial score (nSPS) is 13.2. The van der Waals surface area contributed by atoms with Gasteiger partial charge in [-0.05, 0) is 18.6 Å². The fourth-order valence-electron chi connectivity index (χ4n) is 2.03. The zero-order valence-corrected chi connectivity index (χ0v) is 13.4. The number of nitrogens with two attached hydrogens (primary N) is 1. The zero-order valence-electron chi connectivity index (χ0n) is 11.8. The molecule has 2 N–H and O–H groups in total. The number of hydrogen-bond donors (Lipinski definition) is 1. The number of hydrogen-bond acceptors (Lipinski definition) is 4. The van der Waals surface area contributed by atoms with Crippen LogP contribution in [0.2, 0.25) is 0 Å². The van der Waals surface area contributed by atoms with Crippen LogP contribution in [0.3, 0.4) is 0 Å². The maximum Gasteiger partial charge on any atom is 0.194 e. The maximum absolute atomic E-state index is 6.12. The summed E-state index contributed by atoms with van der Waals surface area (Å²) in [5, 5.41) is 3.28. The Kier molecular flexibility index (Phi) is 5.73. The van der Waals surface area contributed by atoms with Crippen LogP contribution >= 0.6 is 23.1 Å². The molecule has 2 rings (SSSR count). The fourth-order valence-corrected chi connectivity index (χ4v) is 3.86. The van der Waals surface area contributed by atoms with Crippen molar-refractivity contribution >= 4 is 28.1 Å². The Morgan fingerprint density at radius 3 is 3.00 bits per heavy atom. The van der Waals surface area contributed by atoms with Gasteiger partial charge in [0.2, 0.25) is 0 Å². The van der Waals surface area contributed by atoms with Crippen LogP contribution in [0.5, 0.6) is 0 Å². The van der Waals surface area contributed by atoms with Crippen LogP contribution in [0.25, 0.3) is 4.96 Å². The molecule has 0 bridgehead atoms. The van der Waals surface area contributed by atoms with Gasteiger partial charge in [-0.3, -0.25) is 4.40 Å². The van der Waals surface area contributed by atoms with E-state index < -0.39 is 0 Å². The zero-order chi connectivity index (χ0) is 13.7. The minimum Gasteiger partial charge on any atom is -0.327 e. The molecule has 1 unspecified atom stereocenters. The number of thioether (sulfide) groups is 1. The van der Waals surface area contributed by atoms with Gasteiger partial charge >= 0.3 is 0 Å². The molecule has 0 fully saturated rings. The minimum absolute atomic E-state index is 0.231. The van der Waals surface area contributed by atoms with Gasteiger partial charge in [0.25, 0.3) is 0 Å². The maximum atomic E-state index is 6.12. The molecule has 2 aromatic rings. The third-order valence-electron chi connectivity index (χ3n) is 3.29. The van der Waals surface area contributed by atoms with Crippen molar-refractivity contribution < 1.29 is 0 Å². The van der Waals surface area contributed by atoms with E-state index in [1.165, 1.54) is 30.0 Å². The summed E-state index contributed by atoms with van der Waals surface area (Å²) in [6, 6.07) is 0.231. The van der Waals surface area contributed by atoms with E-state index in [-0.39, 0.29) is 6.04 Å². The second-order valence-electron chi connectivity index (χ2n) is 4.85. The lowest BCUT2D eigenvalue weighted by molar-refractivity contribution is 0.627. The van der Waals surface area contributed by atoms with E-state index in [2.05, 4.69) is 29.8 Å². The van der Waals surface area contributed by atoms with Crippen LogP contribution < -0.4 is 5.73 Å². The van der Waals surface area contributed by atoms with E-state index in [0.717, 1.165) is 23.6 Å². The number of fused-ring (bicyclic) bond motifs is 1. The molecular formula is C14H23N3S2. The minimum atomic E-state index is 0.231. The van der Waals surface area contributed by atoms with Gasteiger partial charge in [-0.25, -0.2) is 4.98 Å². The van der Waals surface area contributed by atoms with Gasteiger partial charge < -0.3 is 5.73 Å². The van der Waals surface area contributed by atoms with Gasteiger partial charge in [0.15, 0.2) is 4.96 Å². The molecule has 2 aromatic heterocycles. The standard InChI is InChI=1S/C14H23N3S2/c1-3-5-6-8-18-13-12(10-11(15)4-2)17-7-9-19-14(17)16-13/h7,9,11H,3-6,8,10,15H2,1-2H3. The predicted molar refractivity (Wildman–Crippen MR) is 85.3 cm³/mol. The lowest BCUT2D eigenvalue weighted by Crippen LogP contribution is -2.22. The Bertz CT molecular complexity index is 504. The van der Waals surface area contributed by atoms with E-state index in [1.54, 1.807) is 11.3 Å². The molecule has 0 aliphatic rings. The number of aromatic nitrogens is 2. The molecule has 0 saturated carbocycles. The first-order valence-corrected chi connectivity index (χ1v) is 8.95. The third-order valence-corrected chi connectivity index (χ3v) is 5.14. The van der Waals surface area contributed by atoms with Crippen molar-refractivity contribution in [3.63, 3.8) is 0 Å². The summed E-state index contributed by atoms with van der Waals surface area (Å²) >= 11 is 3.59. The van der Waals surface area contributed by atoms with Crippen molar-refractivity contribution in [2.75, 3.05) is 5.75 Å². The summed E-state index contributed by atoms with van der Waals surface area (Å²) < 4.78 is 2.21. The van der Waals surface area contributed by atoms with Crippen LogP contribution in [-0.4, -0.2) is 21.2 Å². The predicted octanol–water partition coefficient (Wildman–Crippen LogP) is 3.96. The SMILES string of the molecule is CCCCCSc1nc2sccn2c1CC(N)CC. The monoisotopic (exact) mass is 297 g/mol. The third kappa shape index (κ3) is 3.74. The molecule has 0 saturated heterocycles. The smallest absolute Gasteiger partial charge is 0.194 e. The first-order valence-electron chi connectivity index (χ1n) is 7.09. The Labute approximate surface area is 123 Å². The highest BCUT2D eigenvalue weighted by Gasteiger charge is 2.15. The van der Waals surface area contributed by atoms with E-state index in [9.17, 15) is 0 Å². The highest BCUT2D eigenvalue weighted by atomic mass is 32.2. The highest BCUT2D eigenvalue weighted by molar-refractivity contribution is 7.99. The molecule has 0 spiro atoms. The van der Waals surface area contributed by atoms with Gasteiger partial charge in [-0.1, -0.05) is 26.7 Å². The number of rotatable bonds is 8. The Morgan fingerprint density at radius 2 is 2.26 bits per heavy atom. The molecule has 3 nitrogen and oxygen atoms in total. The molecule has 106 valence electrons. The Balaban J connectivity index is 2.11. The fraction of sp³-hybridized carbons (Fsp3) is 0.643. The van der Waals surface area contributed by atoms with Crippen LogP contribution in [0.1, 0.15) is 45.2 Å². The molecule has 5 heteroatoms. The summed E-state index contributed by atoms with van der Waals surface area (Å²) in [5.74, 6) is 1.16. The van der Waals surface area contributed by atoms with E-state index in [4.69, 9.17) is 10.7 Å². The first-order chi connectivity index (χ1) is 9.26. The first kappa shape index (κ1) is 14.9. The summed E-state index contributed by atoms with van der Waals surface area (Å²) in [6.07, 6.45) is 7.89. The summed E-state index contributed by atoms with van der Waals surface area (Å²) in [5.41, 5.74) is 7.42. The molecular weight excluding hydrogens is 274 g/mol. The summed E-state index contributed by atoms with van der Waals surface area (Å²) in [7, 11) is 0. The largest absolute Gasteiger partial charge is 0.327 e. The van der Waals surface area contributed by atoms with Gasteiger partial charge in [0.1, 0.15) is 5.03 Å². The number of imidazole rings is 1. The molecule has 0 amide bonds. The summed E-state index contributed by atoms with van der Waals surface area (Å²) in [4.78, 5) is 5.84. The highest BCUT2D eigenvalue weighted by Crippen LogP contribution is 2.27. The second-order valence-corrected chi connectivity index (χ2v) is 6.80. The Morgan fingerprint density at radius 1 is 1.42 bits per heavy atom. The topological polar surface area (TPSA) is 43.3 Å². The molecule has 0 radical (unpaired) electrons. The van der Waals surface area contributed by atoms with Crippen LogP contribution in [0.15, 0.2) is 16.6 Å². The van der Waals surface area contributed by atoms with Gasteiger partial charge in [-0.2, -0.15) is 0 Å². The van der Waals surface area contributed by atoms with E-state index >= 15 is 0 Å². The van der Waals surface area contributed by atoms with Crippen molar-refractivity contribution in [2.24, 2.45) is 5.73 Å². The van der Waals surface area contributed by atoms with E-state index in [1.807, 2.05) is 11.8 Å². The average Bonchev–Trinajstić information content (AvgIpc) is 2.97. The quantitative estimate of drug-likeness (QED) is 0.592. The van der Waals surface area contributed by atoms with Crippen LogP contribution in [-0.2, 0) is 6.42 Å². The lowest BCUT2D eigenvalue weighted by Gasteiger charge is -2.09. The van der Waals surface area contributed by atoms with Gasteiger partial charge in [0, 0.05) is 24.0 Å². The van der Waals surface area contributed by atoms with Crippen LogP contribution in [0, 0.1) is 0 Å². The lowest BCUT2D eigenvalue weighted by atomic mass is 10.1. The van der Waals surface area contributed by atoms with Crippen LogP contribution in [0.4, 0.5) is 0 Å². The van der Waals surface area contributed by atoms with Gasteiger partial charge in [-0.15, -0.1) is 23.1 Å². The molecule has 19 heavy (non-hydrogen) atoms. The van der Waals surface area contributed by atoms with Crippen molar-refractivity contribution in [1.29, 1.82) is 0 Å². The molecule has 1 atom stereocenters. The van der Waals surface area contributed by atoms with Crippen molar-refractivity contribution in [2.45, 2.75) is 57.0 Å². The van der Waals surface area contributed by atoms with Crippen molar-refractivity contribution in [3.05, 3.63) is 17.3 Å². The molecule has 0 aromatic carbocycles. The van der Waals surface area contributed by atoms with Crippen molar-refractivity contribution in [1.82, 2.24) is 9.38 Å². The van der Waals surface area contributed by atoms with Gasteiger partial charge in [0.05, 0.1) is 5.69 Å². The average molecular weight is 297 g/mol. The molecule has 0 aliphatic heterocycles.